The number of aromatic nitrogens is 1. The number of carbonyl (C=O) groups is 2. The van der Waals surface area contributed by atoms with Crippen LogP contribution in [0.3, 0.4) is 0 Å². The van der Waals surface area contributed by atoms with Crippen LogP contribution in [0.2, 0.25) is 0 Å². The van der Waals surface area contributed by atoms with Crippen molar-refractivity contribution in [2.45, 2.75) is 12.5 Å². The van der Waals surface area contributed by atoms with Gasteiger partial charge in [0.25, 0.3) is 6.47 Å². The summed E-state index contributed by atoms with van der Waals surface area (Å²) in [6.45, 7) is 0.261. The number of carbonyl (C=O) groups excluding carboxylic acids is 2. The Kier molecular flexibility index (Phi) is 6.12. The summed E-state index contributed by atoms with van der Waals surface area (Å²) in [6, 6.07) is 21.4. The molecule has 6 nitrogen and oxygen atoms in total. The molecule has 4 rings (SSSR count). The number of hydrogen-bond acceptors (Lipinski definition) is 5. The molecule has 0 aliphatic rings. The number of nitrogens with one attached hydrogen (secondary N) is 1. The van der Waals surface area contributed by atoms with Gasteiger partial charge >= 0.3 is 0 Å². The molecule has 0 radical (unpaired) electrons. The highest BCUT2D eigenvalue weighted by atomic mass is 16.5. The van der Waals surface area contributed by atoms with E-state index in [0.29, 0.717) is 16.8 Å². The number of ketones is 1. The fourth-order valence-electron chi connectivity index (χ4n) is 3.72. The Hall–Kier alpha value is -4.19. The monoisotopic (exact) mass is 427 g/mol. The SMILES string of the molecule is COc1ccc(CC(OC=O)C(=O)c2cccc3[nH]cc(-c4ccccc4)c(=O)c23)cc1. The van der Waals surface area contributed by atoms with E-state index in [4.69, 9.17) is 9.47 Å². The van der Waals surface area contributed by atoms with Crippen molar-refractivity contribution in [1.82, 2.24) is 4.98 Å². The van der Waals surface area contributed by atoms with Crippen LogP contribution >= 0.6 is 0 Å². The molecule has 160 valence electrons. The predicted molar refractivity (Wildman–Crippen MR) is 122 cm³/mol. The Bertz CT molecular complexity index is 1310. The predicted octanol–water partition coefficient (Wildman–Crippen LogP) is 4.17. The average molecular weight is 427 g/mol. The molecule has 0 fully saturated rings. The quantitative estimate of drug-likeness (QED) is 0.337. The van der Waals surface area contributed by atoms with Crippen molar-refractivity contribution in [3.8, 4) is 16.9 Å². The van der Waals surface area contributed by atoms with Gasteiger partial charge in [0.15, 0.2) is 11.5 Å². The van der Waals surface area contributed by atoms with Crippen LogP contribution in [0.1, 0.15) is 15.9 Å². The standard InChI is InChI=1S/C26H21NO5/c1-31-19-12-10-17(11-13-19)14-23(32-16-28)25(29)20-8-5-9-22-24(20)26(30)21(15-27-22)18-6-3-2-4-7-18/h2-13,15-16,23H,14H2,1H3,(H,27,30). The number of aromatic amines is 1. The lowest BCUT2D eigenvalue weighted by atomic mass is 9.95. The van der Waals surface area contributed by atoms with Crippen molar-refractivity contribution in [2.24, 2.45) is 0 Å². The first-order valence-electron chi connectivity index (χ1n) is 10.1. The second-order valence-corrected chi connectivity index (χ2v) is 7.26. The second-order valence-electron chi connectivity index (χ2n) is 7.26. The number of fused-ring (bicyclic) bond motifs is 1. The van der Waals surface area contributed by atoms with Gasteiger partial charge in [0, 0.05) is 23.7 Å². The summed E-state index contributed by atoms with van der Waals surface area (Å²) in [7, 11) is 1.57. The van der Waals surface area contributed by atoms with Gasteiger partial charge in [-0.05, 0) is 29.3 Å². The minimum atomic E-state index is -1.06. The van der Waals surface area contributed by atoms with E-state index in [-0.39, 0.29) is 29.3 Å². The number of rotatable bonds is 8. The molecule has 0 bridgehead atoms. The first-order valence-corrected chi connectivity index (χ1v) is 10.1. The molecule has 32 heavy (non-hydrogen) atoms. The molecular weight excluding hydrogens is 406 g/mol. The van der Waals surface area contributed by atoms with Gasteiger partial charge in [-0.3, -0.25) is 14.4 Å². The van der Waals surface area contributed by atoms with Gasteiger partial charge in [0.05, 0.1) is 18.0 Å². The number of hydrogen-bond donors (Lipinski definition) is 1. The van der Waals surface area contributed by atoms with Crippen LogP contribution in [0.5, 0.6) is 5.75 Å². The van der Waals surface area contributed by atoms with Crippen LogP contribution in [0.25, 0.3) is 22.0 Å². The number of pyridine rings is 1. The highest BCUT2D eigenvalue weighted by molar-refractivity contribution is 6.10. The Morgan fingerprint density at radius 2 is 1.75 bits per heavy atom. The largest absolute Gasteiger partial charge is 0.497 e. The Balaban J connectivity index is 1.76. The van der Waals surface area contributed by atoms with E-state index in [1.54, 1.807) is 55.8 Å². The zero-order chi connectivity index (χ0) is 22.5. The van der Waals surface area contributed by atoms with Crippen molar-refractivity contribution < 1.29 is 19.1 Å². The minimum Gasteiger partial charge on any atom is -0.497 e. The third-order valence-electron chi connectivity index (χ3n) is 5.35. The van der Waals surface area contributed by atoms with Crippen LogP contribution in [0.4, 0.5) is 0 Å². The maximum atomic E-state index is 13.4. The molecule has 0 saturated heterocycles. The molecule has 0 aliphatic heterocycles. The topological polar surface area (TPSA) is 85.5 Å². The van der Waals surface area contributed by atoms with Crippen molar-refractivity contribution >= 4 is 23.2 Å². The first-order chi connectivity index (χ1) is 15.6. The molecule has 0 saturated carbocycles. The van der Waals surface area contributed by atoms with Crippen molar-refractivity contribution in [3.63, 3.8) is 0 Å². The van der Waals surface area contributed by atoms with Crippen molar-refractivity contribution in [1.29, 1.82) is 0 Å². The van der Waals surface area contributed by atoms with Crippen molar-refractivity contribution in [3.05, 3.63) is 100 Å². The summed E-state index contributed by atoms with van der Waals surface area (Å²) in [5.41, 5.74) is 2.49. The number of ether oxygens (including phenoxy) is 2. The summed E-state index contributed by atoms with van der Waals surface area (Å²) in [5, 5.41) is 0.271. The van der Waals surface area contributed by atoms with Gasteiger partial charge in [0.1, 0.15) is 5.75 Å². The van der Waals surface area contributed by atoms with Gasteiger partial charge in [-0.15, -0.1) is 0 Å². The molecule has 1 heterocycles. The highest BCUT2D eigenvalue weighted by Crippen LogP contribution is 2.22. The van der Waals surface area contributed by atoms with E-state index in [2.05, 4.69) is 4.98 Å². The second kappa shape index (κ2) is 9.31. The smallest absolute Gasteiger partial charge is 0.293 e. The normalized spacial score (nSPS) is 11.7. The molecule has 0 amide bonds. The molecule has 1 atom stereocenters. The third kappa shape index (κ3) is 4.16. The fourth-order valence-corrected chi connectivity index (χ4v) is 3.72. The van der Waals surface area contributed by atoms with Gasteiger partial charge in [-0.1, -0.05) is 54.6 Å². The lowest BCUT2D eigenvalue weighted by Gasteiger charge is -2.16. The van der Waals surface area contributed by atoms with Gasteiger partial charge in [-0.25, -0.2) is 0 Å². The molecule has 1 unspecified atom stereocenters. The van der Waals surface area contributed by atoms with Crippen LogP contribution in [0.15, 0.2) is 83.8 Å². The Morgan fingerprint density at radius 1 is 1.00 bits per heavy atom. The summed E-state index contributed by atoms with van der Waals surface area (Å²) in [5.74, 6) is 0.246. The van der Waals surface area contributed by atoms with Gasteiger partial charge in [-0.2, -0.15) is 0 Å². The van der Waals surface area contributed by atoms with E-state index in [1.165, 1.54) is 0 Å². The summed E-state index contributed by atoms with van der Waals surface area (Å²) < 4.78 is 10.3. The third-order valence-corrected chi connectivity index (χ3v) is 5.35. The van der Waals surface area contributed by atoms with Crippen molar-refractivity contribution in [2.75, 3.05) is 7.11 Å². The number of Topliss-reactive ketones (excluding diaryl/α,β-unsaturated/α-hetero) is 1. The fraction of sp³-hybridized carbons (Fsp3) is 0.115. The maximum Gasteiger partial charge on any atom is 0.293 e. The molecule has 1 aromatic heterocycles. The maximum absolute atomic E-state index is 13.4. The average Bonchev–Trinajstić information content (AvgIpc) is 2.84. The number of H-pyrrole nitrogens is 1. The lowest BCUT2D eigenvalue weighted by Crippen LogP contribution is -2.28. The van der Waals surface area contributed by atoms with E-state index < -0.39 is 11.9 Å². The van der Waals surface area contributed by atoms with Crippen LogP contribution in [-0.4, -0.2) is 30.5 Å². The summed E-state index contributed by atoms with van der Waals surface area (Å²) in [4.78, 5) is 41.0. The van der Waals surface area contributed by atoms with Crippen LogP contribution < -0.4 is 10.2 Å². The minimum absolute atomic E-state index is 0.175. The lowest BCUT2D eigenvalue weighted by molar-refractivity contribution is -0.131. The molecule has 0 aliphatic carbocycles. The van der Waals surface area contributed by atoms with E-state index >= 15 is 0 Å². The van der Waals surface area contributed by atoms with Crippen LogP contribution in [-0.2, 0) is 16.0 Å². The Labute approximate surface area is 184 Å². The molecule has 3 aromatic carbocycles. The first kappa shape index (κ1) is 21.1. The van der Waals surface area contributed by atoms with E-state index in [0.717, 1.165) is 11.1 Å². The Morgan fingerprint density at radius 3 is 2.44 bits per heavy atom. The van der Waals surface area contributed by atoms with Gasteiger partial charge in [0.2, 0.25) is 5.78 Å². The summed E-state index contributed by atoms with van der Waals surface area (Å²) >= 11 is 0. The zero-order valence-corrected chi connectivity index (χ0v) is 17.4. The molecule has 6 heteroatoms. The number of methoxy groups -OCH3 is 1. The molecule has 4 aromatic rings. The molecule has 1 N–H and O–H groups in total. The summed E-state index contributed by atoms with van der Waals surface area (Å²) in [6.07, 6.45) is 0.755. The zero-order valence-electron chi connectivity index (χ0n) is 17.4. The molecule has 0 spiro atoms. The van der Waals surface area contributed by atoms with Gasteiger partial charge < -0.3 is 14.5 Å². The number of benzene rings is 3. The molecular formula is C26H21NO5. The van der Waals surface area contributed by atoms with E-state index in [9.17, 15) is 14.4 Å². The van der Waals surface area contributed by atoms with Crippen LogP contribution in [0, 0.1) is 0 Å². The van der Waals surface area contributed by atoms with E-state index in [1.807, 2.05) is 30.3 Å². The highest BCUT2D eigenvalue weighted by Gasteiger charge is 2.25.